The Bertz CT molecular complexity index is 1330. The lowest BCUT2D eigenvalue weighted by Crippen LogP contribution is -2.43. The van der Waals surface area contributed by atoms with Gasteiger partial charge in [0.1, 0.15) is 5.65 Å². The van der Waals surface area contributed by atoms with Crippen molar-refractivity contribution in [1.82, 2.24) is 24.3 Å². The molecule has 198 valence electrons. The average molecular weight is 505 g/mol. The monoisotopic (exact) mass is 504 g/mol. The molecule has 0 bridgehead atoms. The summed E-state index contributed by atoms with van der Waals surface area (Å²) < 4.78 is 1.92. The van der Waals surface area contributed by atoms with Crippen molar-refractivity contribution in [2.24, 2.45) is 5.92 Å². The topological polar surface area (TPSA) is 86.5 Å². The van der Waals surface area contributed by atoms with E-state index < -0.39 is 5.60 Å². The van der Waals surface area contributed by atoms with E-state index in [0.717, 1.165) is 68.3 Å². The quantitative estimate of drug-likeness (QED) is 0.494. The van der Waals surface area contributed by atoms with Gasteiger partial charge in [-0.2, -0.15) is 4.98 Å². The number of rotatable bonds is 6. The minimum atomic E-state index is -0.660. The molecule has 3 aliphatic rings. The molecule has 0 amide bonds. The number of benzene rings is 1. The third-order valence-corrected chi connectivity index (χ3v) is 8.99. The molecule has 0 spiro atoms. The zero-order valence-corrected chi connectivity index (χ0v) is 22.2. The zero-order valence-electron chi connectivity index (χ0n) is 22.2. The first-order valence-corrected chi connectivity index (χ1v) is 14.1. The van der Waals surface area contributed by atoms with Gasteiger partial charge in [-0.05, 0) is 75.4 Å². The number of hydrogen-bond donors (Lipinski definition) is 2. The SMILES string of the molecule is CN1CCN(Cc2ccc3c(c2)c(=O)n(C2CCC(C)(O)CC2)c2nc(NCC4CCC4)ncc32)CC1. The van der Waals surface area contributed by atoms with Gasteiger partial charge in [0.05, 0.1) is 5.60 Å². The third kappa shape index (κ3) is 5.11. The Hall–Kier alpha value is -2.55. The first-order chi connectivity index (χ1) is 17.9. The van der Waals surface area contributed by atoms with Gasteiger partial charge in [-0.15, -0.1) is 0 Å². The van der Waals surface area contributed by atoms with Crippen LogP contribution in [0, 0.1) is 5.92 Å². The van der Waals surface area contributed by atoms with Crippen molar-refractivity contribution in [3.05, 3.63) is 40.3 Å². The van der Waals surface area contributed by atoms with Crippen molar-refractivity contribution in [3.63, 3.8) is 0 Å². The number of aromatic nitrogens is 3. The minimum absolute atomic E-state index is 0.0234. The van der Waals surface area contributed by atoms with Crippen LogP contribution in [-0.2, 0) is 6.54 Å². The summed E-state index contributed by atoms with van der Waals surface area (Å²) in [6.07, 6.45) is 8.62. The molecule has 2 aliphatic carbocycles. The van der Waals surface area contributed by atoms with E-state index in [0.29, 0.717) is 30.4 Å². The second-order valence-electron chi connectivity index (χ2n) is 12.0. The lowest BCUT2D eigenvalue weighted by Gasteiger charge is -2.34. The highest BCUT2D eigenvalue weighted by Gasteiger charge is 2.31. The number of anilines is 1. The molecular formula is C29H40N6O2. The minimum Gasteiger partial charge on any atom is -0.390 e. The molecule has 8 nitrogen and oxygen atoms in total. The number of pyridine rings is 1. The summed E-state index contributed by atoms with van der Waals surface area (Å²) in [5.74, 6) is 1.29. The van der Waals surface area contributed by atoms with Crippen LogP contribution < -0.4 is 10.9 Å². The third-order valence-electron chi connectivity index (χ3n) is 8.99. The van der Waals surface area contributed by atoms with E-state index >= 15 is 0 Å². The van der Waals surface area contributed by atoms with E-state index in [1.807, 2.05) is 17.7 Å². The summed E-state index contributed by atoms with van der Waals surface area (Å²) >= 11 is 0. The van der Waals surface area contributed by atoms with Crippen LogP contribution in [0.4, 0.5) is 5.95 Å². The largest absolute Gasteiger partial charge is 0.390 e. The number of piperazine rings is 1. The number of nitrogens with zero attached hydrogens (tertiary/aromatic N) is 5. The van der Waals surface area contributed by atoms with E-state index in [9.17, 15) is 9.90 Å². The number of nitrogens with one attached hydrogen (secondary N) is 1. The lowest BCUT2D eigenvalue weighted by molar-refractivity contribution is 0.0100. The van der Waals surface area contributed by atoms with Gasteiger partial charge in [-0.3, -0.25) is 14.3 Å². The Morgan fingerprint density at radius 2 is 1.81 bits per heavy atom. The number of aliphatic hydroxyl groups is 1. The normalized spacial score (nSPS) is 26.0. The van der Waals surface area contributed by atoms with Crippen molar-refractivity contribution in [2.45, 2.75) is 70.1 Å². The second-order valence-corrected chi connectivity index (χ2v) is 12.0. The molecule has 0 atom stereocenters. The zero-order chi connectivity index (χ0) is 25.6. The van der Waals surface area contributed by atoms with E-state index in [4.69, 9.17) is 4.98 Å². The van der Waals surface area contributed by atoms with Gasteiger partial charge in [-0.1, -0.05) is 18.6 Å². The molecule has 2 N–H and O–H groups in total. The van der Waals surface area contributed by atoms with Crippen molar-refractivity contribution < 1.29 is 5.11 Å². The second kappa shape index (κ2) is 9.97. The van der Waals surface area contributed by atoms with E-state index in [1.54, 1.807) is 0 Å². The van der Waals surface area contributed by atoms with Crippen LogP contribution in [0.1, 0.15) is 63.5 Å². The Morgan fingerprint density at radius 3 is 2.51 bits per heavy atom. The maximum atomic E-state index is 14.1. The van der Waals surface area contributed by atoms with Crippen molar-refractivity contribution in [3.8, 4) is 0 Å². The molecular weight excluding hydrogens is 464 g/mol. The highest BCUT2D eigenvalue weighted by atomic mass is 16.3. The fraction of sp³-hybridized carbons (Fsp3) is 0.621. The molecule has 0 unspecified atom stereocenters. The first kappa shape index (κ1) is 24.8. The number of hydrogen-bond acceptors (Lipinski definition) is 7. The molecule has 8 heteroatoms. The van der Waals surface area contributed by atoms with Crippen LogP contribution in [0.25, 0.3) is 21.8 Å². The van der Waals surface area contributed by atoms with Gasteiger partial charge in [0, 0.05) is 62.3 Å². The fourth-order valence-electron chi connectivity index (χ4n) is 6.18. The highest BCUT2D eigenvalue weighted by Crippen LogP contribution is 2.36. The summed E-state index contributed by atoms with van der Waals surface area (Å²) in [4.78, 5) is 28.5. The predicted octanol–water partition coefficient (Wildman–Crippen LogP) is 3.77. The first-order valence-electron chi connectivity index (χ1n) is 14.1. The van der Waals surface area contributed by atoms with Crippen molar-refractivity contribution in [1.29, 1.82) is 0 Å². The molecule has 3 fully saturated rings. The smallest absolute Gasteiger partial charge is 0.260 e. The van der Waals surface area contributed by atoms with E-state index in [-0.39, 0.29) is 11.6 Å². The number of likely N-dealkylation sites (N-methyl/N-ethyl adjacent to an activating group) is 1. The van der Waals surface area contributed by atoms with E-state index in [2.05, 4.69) is 45.3 Å². The van der Waals surface area contributed by atoms with Crippen LogP contribution in [0.5, 0.6) is 0 Å². The summed E-state index contributed by atoms with van der Waals surface area (Å²) in [6, 6.07) is 6.36. The molecule has 2 aromatic heterocycles. The molecule has 1 saturated heterocycles. The van der Waals surface area contributed by atoms with Gasteiger partial charge in [-0.25, -0.2) is 4.98 Å². The average Bonchev–Trinajstić information content (AvgIpc) is 2.85. The van der Waals surface area contributed by atoms with E-state index in [1.165, 1.54) is 24.8 Å². The standard InChI is InChI=1S/C29H40N6O2/c1-29(37)10-8-22(9-11-29)35-26-25(18-31-28(32-26)30-17-20-4-3-5-20)23-7-6-21(16-24(23)27(35)36)19-34-14-12-33(2)13-15-34/h6-7,16,18,20,22,37H,3-5,8-15,17,19H2,1-2H3,(H,30,31,32). The summed E-state index contributed by atoms with van der Waals surface area (Å²) in [5.41, 5.74) is 1.25. The Balaban J connectivity index is 1.40. The molecule has 1 aliphatic heterocycles. The molecule has 1 aromatic carbocycles. The van der Waals surface area contributed by atoms with Gasteiger partial charge < -0.3 is 15.3 Å². The van der Waals surface area contributed by atoms with Crippen LogP contribution in [0.15, 0.2) is 29.2 Å². The summed E-state index contributed by atoms with van der Waals surface area (Å²) in [5, 5.41) is 16.6. The molecule has 3 aromatic rings. The van der Waals surface area contributed by atoms with Crippen molar-refractivity contribution >= 4 is 27.8 Å². The maximum Gasteiger partial charge on any atom is 0.260 e. The predicted molar refractivity (Wildman–Crippen MR) is 148 cm³/mol. The van der Waals surface area contributed by atoms with Gasteiger partial charge >= 0.3 is 0 Å². The van der Waals surface area contributed by atoms with Gasteiger partial charge in [0.25, 0.3) is 5.56 Å². The Kier molecular flexibility index (Phi) is 6.67. The summed E-state index contributed by atoms with van der Waals surface area (Å²) in [7, 11) is 2.17. The molecule has 37 heavy (non-hydrogen) atoms. The number of fused-ring (bicyclic) bond motifs is 3. The Morgan fingerprint density at radius 1 is 1.05 bits per heavy atom. The lowest BCUT2D eigenvalue weighted by atomic mass is 9.83. The Labute approximate surface area is 218 Å². The maximum absolute atomic E-state index is 14.1. The molecule has 2 saturated carbocycles. The van der Waals surface area contributed by atoms with Gasteiger partial charge in [0.15, 0.2) is 0 Å². The summed E-state index contributed by atoms with van der Waals surface area (Å²) in [6.45, 7) is 7.88. The van der Waals surface area contributed by atoms with Crippen molar-refractivity contribution in [2.75, 3.05) is 45.1 Å². The van der Waals surface area contributed by atoms with Gasteiger partial charge in [0.2, 0.25) is 5.95 Å². The highest BCUT2D eigenvalue weighted by molar-refractivity contribution is 6.04. The molecule has 6 rings (SSSR count). The molecule has 3 heterocycles. The van der Waals surface area contributed by atoms with Crippen LogP contribution in [0.3, 0.4) is 0 Å². The molecule has 0 radical (unpaired) electrons. The van der Waals surface area contributed by atoms with Crippen LogP contribution in [-0.4, -0.2) is 74.8 Å². The van der Waals surface area contributed by atoms with Crippen LogP contribution >= 0.6 is 0 Å². The fourth-order valence-corrected chi connectivity index (χ4v) is 6.18. The van der Waals surface area contributed by atoms with Crippen LogP contribution in [0.2, 0.25) is 0 Å².